The Balaban J connectivity index is 1.78. The Morgan fingerprint density at radius 2 is 2.00 bits per heavy atom. The minimum Gasteiger partial charge on any atom is -0.367 e. The predicted octanol–water partition coefficient (Wildman–Crippen LogP) is 2.78. The van der Waals surface area contributed by atoms with Crippen LogP contribution in [0.2, 0.25) is 0 Å². The van der Waals surface area contributed by atoms with Gasteiger partial charge in [0.05, 0.1) is 0 Å². The van der Waals surface area contributed by atoms with Crippen LogP contribution >= 0.6 is 0 Å². The largest absolute Gasteiger partial charge is 0.367 e. The molecule has 0 bridgehead atoms. The van der Waals surface area contributed by atoms with Gasteiger partial charge in [0.1, 0.15) is 0 Å². The molecule has 1 aliphatic rings. The molecule has 2 amide bonds. The Kier molecular flexibility index (Phi) is 4.76. The van der Waals surface area contributed by atoms with Crippen molar-refractivity contribution in [3.8, 4) is 0 Å². The molecule has 0 radical (unpaired) electrons. The van der Waals surface area contributed by atoms with E-state index in [9.17, 15) is 4.79 Å². The Bertz CT molecular complexity index is 493. The van der Waals surface area contributed by atoms with E-state index in [2.05, 4.69) is 67.5 Å². The predicted molar refractivity (Wildman–Crippen MR) is 87.8 cm³/mol. The van der Waals surface area contributed by atoms with E-state index in [1.54, 1.807) is 0 Å². The first kappa shape index (κ1) is 15.7. The van der Waals surface area contributed by atoms with Gasteiger partial charge in [-0.3, -0.25) is 0 Å². The third kappa shape index (κ3) is 4.38. The van der Waals surface area contributed by atoms with Crippen LogP contribution in [0.4, 0.5) is 10.5 Å². The summed E-state index contributed by atoms with van der Waals surface area (Å²) in [5.41, 5.74) is 2.82. The molecule has 0 spiro atoms. The lowest BCUT2D eigenvalue weighted by atomic mass is 9.97. The summed E-state index contributed by atoms with van der Waals surface area (Å²) in [7, 11) is 0. The molecule has 1 heterocycles. The average Bonchev–Trinajstić information content (AvgIpc) is 2.72. The van der Waals surface area contributed by atoms with Crippen molar-refractivity contribution >= 4 is 11.7 Å². The molecule has 0 saturated carbocycles. The Hall–Kier alpha value is -1.71. The minimum absolute atomic E-state index is 0.0786. The van der Waals surface area contributed by atoms with Gasteiger partial charge in [-0.05, 0) is 30.4 Å². The molecule has 2 N–H and O–H groups in total. The number of carbonyl (C=O) groups excluding carboxylic acids is 1. The second-order valence-corrected chi connectivity index (χ2v) is 7.05. The van der Waals surface area contributed by atoms with Gasteiger partial charge in [-0.25, -0.2) is 4.79 Å². The maximum absolute atomic E-state index is 11.7. The number of carbonyl (C=O) groups is 1. The molecular weight excluding hydrogens is 262 g/mol. The van der Waals surface area contributed by atoms with Gasteiger partial charge in [0, 0.05) is 31.4 Å². The summed E-state index contributed by atoms with van der Waals surface area (Å²) >= 11 is 0. The molecule has 0 fully saturated rings. The normalized spacial score (nSPS) is 17.5. The molecule has 1 unspecified atom stereocenters. The monoisotopic (exact) mass is 289 g/mol. The summed E-state index contributed by atoms with van der Waals surface area (Å²) in [6.07, 6.45) is 1.09. The number of urea groups is 1. The number of amides is 2. The fraction of sp³-hybridized carbons (Fsp3) is 0.588. The first-order valence-electron chi connectivity index (χ1n) is 7.73. The summed E-state index contributed by atoms with van der Waals surface area (Å²) in [4.78, 5) is 14.1. The standard InChI is InChI=1S/C17H27N3O/c1-13-11-14-7-5-6-8-15(14)20(13)10-9-18-16(21)19-12-17(2,3)4/h5-8,13H,9-12H2,1-4H3,(H2,18,19,21). The van der Waals surface area contributed by atoms with E-state index in [1.807, 2.05) is 0 Å². The number of nitrogens with one attached hydrogen (secondary N) is 2. The molecule has 116 valence electrons. The van der Waals surface area contributed by atoms with Crippen LogP contribution in [0, 0.1) is 5.41 Å². The number of benzene rings is 1. The maximum atomic E-state index is 11.7. The zero-order valence-electron chi connectivity index (χ0n) is 13.6. The van der Waals surface area contributed by atoms with E-state index < -0.39 is 0 Å². The van der Waals surface area contributed by atoms with E-state index in [0.717, 1.165) is 13.0 Å². The van der Waals surface area contributed by atoms with Crippen LogP contribution in [-0.4, -0.2) is 31.7 Å². The SMILES string of the molecule is CC1Cc2ccccc2N1CCNC(=O)NCC(C)(C)C. The second kappa shape index (κ2) is 6.37. The third-order valence-corrected chi connectivity index (χ3v) is 3.77. The van der Waals surface area contributed by atoms with Gasteiger partial charge in [-0.2, -0.15) is 0 Å². The van der Waals surface area contributed by atoms with Crippen molar-refractivity contribution in [3.63, 3.8) is 0 Å². The van der Waals surface area contributed by atoms with Crippen molar-refractivity contribution in [3.05, 3.63) is 29.8 Å². The number of anilines is 1. The molecule has 0 aromatic heterocycles. The highest BCUT2D eigenvalue weighted by Crippen LogP contribution is 2.31. The molecule has 4 heteroatoms. The molecule has 0 saturated heterocycles. The van der Waals surface area contributed by atoms with E-state index >= 15 is 0 Å². The molecule has 0 aliphatic carbocycles. The van der Waals surface area contributed by atoms with Crippen LogP contribution in [-0.2, 0) is 6.42 Å². The highest BCUT2D eigenvalue weighted by Gasteiger charge is 2.24. The second-order valence-electron chi connectivity index (χ2n) is 7.05. The molecule has 21 heavy (non-hydrogen) atoms. The fourth-order valence-electron chi connectivity index (χ4n) is 2.67. The van der Waals surface area contributed by atoms with Gasteiger partial charge in [-0.1, -0.05) is 39.0 Å². The molecule has 1 atom stereocenters. The van der Waals surface area contributed by atoms with Gasteiger partial charge in [0.2, 0.25) is 0 Å². The molecule has 1 aromatic rings. The van der Waals surface area contributed by atoms with E-state index in [-0.39, 0.29) is 11.4 Å². The summed E-state index contributed by atoms with van der Waals surface area (Å²) in [5, 5.41) is 5.85. The lowest BCUT2D eigenvalue weighted by molar-refractivity contribution is 0.235. The van der Waals surface area contributed by atoms with Crippen molar-refractivity contribution in [2.45, 2.75) is 40.2 Å². The number of para-hydroxylation sites is 1. The van der Waals surface area contributed by atoms with Gasteiger partial charge in [0.15, 0.2) is 0 Å². The summed E-state index contributed by atoms with van der Waals surface area (Å²) < 4.78 is 0. The number of fused-ring (bicyclic) bond motifs is 1. The van der Waals surface area contributed by atoms with Crippen LogP contribution in [0.25, 0.3) is 0 Å². The number of hydrogen-bond acceptors (Lipinski definition) is 2. The van der Waals surface area contributed by atoms with Gasteiger partial charge in [-0.15, -0.1) is 0 Å². The number of rotatable bonds is 4. The highest BCUT2D eigenvalue weighted by molar-refractivity contribution is 5.73. The molecule has 1 aliphatic heterocycles. The van der Waals surface area contributed by atoms with Crippen LogP contribution in [0.5, 0.6) is 0 Å². The summed E-state index contributed by atoms with van der Waals surface area (Å²) in [6, 6.07) is 8.95. The Morgan fingerprint density at radius 3 is 2.71 bits per heavy atom. The first-order chi connectivity index (χ1) is 9.87. The zero-order chi connectivity index (χ0) is 15.5. The minimum atomic E-state index is -0.0786. The molecular formula is C17H27N3O. The van der Waals surface area contributed by atoms with Crippen molar-refractivity contribution in [1.29, 1.82) is 0 Å². The van der Waals surface area contributed by atoms with Crippen LogP contribution < -0.4 is 15.5 Å². The summed E-state index contributed by atoms with van der Waals surface area (Å²) in [6.45, 7) is 10.7. The Labute approximate surface area is 127 Å². The van der Waals surface area contributed by atoms with Gasteiger partial charge >= 0.3 is 6.03 Å². The summed E-state index contributed by atoms with van der Waals surface area (Å²) in [5.74, 6) is 0. The highest BCUT2D eigenvalue weighted by atomic mass is 16.2. The van der Waals surface area contributed by atoms with E-state index in [4.69, 9.17) is 0 Å². The van der Waals surface area contributed by atoms with E-state index in [0.29, 0.717) is 19.1 Å². The third-order valence-electron chi connectivity index (χ3n) is 3.77. The maximum Gasteiger partial charge on any atom is 0.314 e. The molecule has 4 nitrogen and oxygen atoms in total. The number of nitrogens with zero attached hydrogens (tertiary/aromatic N) is 1. The van der Waals surface area contributed by atoms with Crippen LogP contribution in [0.15, 0.2) is 24.3 Å². The first-order valence-corrected chi connectivity index (χ1v) is 7.73. The quantitative estimate of drug-likeness (QED) is 0.895. The topological polar surface area (TPSA) is 44.4 Å². The van der Waals surface area contributed by atoms with Crippen molar-refractivity contribution in [2.24, 2.45) is 5.41 Å². The molecule has 1 aromatic carbocycles. The van der Waals surface area contributed by atoms with Gasteiger partial charge < -0.3 is 15.5 Å². The van der Waals surface area contributed by atoms with Crippen molar-refractivity contribution in [1.82, 2.24) is 10.6 Å². The number of hydrogen-bond donors (Lipinski definition) is 2. The van der Waals surface area contributed by atoms with Gasteiger partial charge in [0.25, 0.3) is 0 Å². The lowest BCUT2D eigenvalue weighted by Crippen LogP contribution is -2.43. The smallest absolute Gasteiger partial charge is 0.314 e. The van der Waals surface area contributed by atoms with E-state index in [1.165, 1.54) is 11.3 Å². The zero-order valence-corrected chi connectivity index (χ0v) is 13.6. The lowest BCUT2D eigenvalue weighted by Gasteiger charge is -2.25. The van der Waals surface area contributed by atoms with Crippen LogP contribution in [0.3, 0.4) is 0 Å². The molecule has 2 rings (SSSR count). The van der Waals surface area contributed by atoms with Crippen molar-refractivity contribution < 1.29 is 4.79 Å². The Morgan fingerprint density at radius 1 is 1.29 bits per heavy atom. The fourth-order valence-corrected chi connectivity index (χ4v) is 2.67. The van der Waals surface area contributed by atoms with Crippen LogP contribution in [0.1, 0.15) is 33.3 Å². The average molecular weight is 289 g/mol. The van der Waals surface area contributed by atoms with Crippen molar-refractivity contribution in [2.75, 3.05) is 24.5 Å².